The number of hydrogen-bond donors (Lipinski definition) is 0. The van der Waals surface area contributed by atoms with Gasteiger partial charge < -0.3 is 13.6 Å². The summed E-state index contributed by atoms with van der Waals surface area (Å²) in [7, 11) is 0. The lowest BCUT2D eigenvalue weighted by atomic mass is 9.99. The number of aryl methyl sites for hydroxylation is 1. The zero-order valence-electron chi connectivity index (χ0n) is 27.2. The SMILES string of the molecule is C=C/C=C\c1oc2c(ccc3c4cc(-c5ccc(C#N)cc5-n5c6ccccc6c6cc(C#N)ccc65)ccc4n(-c4ccccc4)c32)c1C. The summed E-state index contributed by atoms with van der Waals surface area (Å²) in [6.07, 6.45) is 5.62. The Morgan fingerprint density at radius 1 is 0.640 bits per heavy atom. The Balaban J connectivity index is 1.35. The number of rotatable bonds is 5. The van der Waals surface area contributed by atoms with Crippen LogP contribution in [0.15, 0.2) is 144 Å². The van der Waals surface area contributed by atoms with Gasteiger partial charge in [-0.1, -0.05) is 79.4 Å². The third-order valence-electron chi connectivity index (χ3n) is 9.75. The molecule has 9 rings (SSSR count). The second kappa shape index (κ2) is 11.3. The molecule has 0 amide bonds. The number of nitrogens with zero attached hydrogens (tertiary/aromatic N) is 4. The number of benzene rings is 6. The average Bonchev–Trinajstić information content (AvgIpc) is 3.80. The van der Waals surface area contributed by atoms with Gasteiger partial charge in [0.15, 0.2) is 5.58 Å². The van der Waals surface area contributed by atoms with E-state index < -0.39 is 0 Å². The molecule has 5 heteroatoms. The summed E-state index contributed by atoms with van der Waals surface area (Å²) in [5.41, 5.74) is 11.1. The summed E-state index contributed by atoms with van der Waals surface area (Å²) in [6.45, 7) is 5.93. The molecule has 3 heterocycles. The summed E-state index contributed by atoms with van der Waals surface area (Å²) in [5.74, 6) is 0.813. The van der Waals surface area contributed by atoms with Gasteiger partial charge in [0.25, 0.3) is 0 Å². The normalized spacial score (nSPS) is 11.7. The van der Waals surface area contributed by atoms with Gasteiger partial charge in [0.2, 0.25) is 0 Å². The number of furan rings is 1. The number of para-hydroxylation sites is 2. The monoisotopic (exact) mass is 640 g/mol. The van der Waals surface area contributed by atoms with Crippen molar-refractivity contribution in [2.24, 2.45) is 0 Å². The van der Waals surface area contributed by atoms with Crippen molar-refractivity contribution in [1.29, 1.82) is 10.5 Å². The van der Waals surface area contributed by atoms with Gasteiger partial charge in [-0.15, -0.1) is 0 Å². The first-order valence-corrected chi connectivity index (χ1v) is 16.4. The molecule has 0 saturated heterocycles. The minimum Gasteiger partial charge on any atom is -0.454 e. The number of nitriles is 2. The quantitative estimate of drug-likeness (QED) is 0.176. The highest BCUT2D eigenvalue weighted by atomic mass is 16.3. The van der Waals surface area contributed by atoms with Gasteiger partial charge in [-0.25, -0.2) is 0 Å². The molecular formula is C45H28N4O. The molecule has 0 spiro atoms. The fraction of sp³-hybridized carbons (Fsp3) is 0.0222. The lowest BCUT2D eigenvalue weighted by Gasteiger charge is -2.15. The Hall–Kier alpha value is -7.08. The molecule has 6 aromatic carbocycles. The van der Waals surface area contributed by atoms with Crippen molar-refractivity contribution in [3.05, 3.63) is 163 Å². The summed E-state index contributed by atoms with van der Waals surface area (Å²) >= 11 is 0. The molecule has 3 aromatic heterocycles. The van der Waals surface area contributed by atoms with E-state index in [1.54, 1.807) is 6.08 Å². The second-order valence-corrected chi connectivity index (χ2v) is 12.5. The van der Waals surface area contributed by atoms with E-state index in [1.165, 1.54) is 0 Å². The van der Waals surface area contributed by atoms with Crippen LogP contribution in [0.1, 0.15) is 22.5 Å². The molecule has 0 radical (unpaired) electrons. The number of hydrogen-bond acceptors (Lipinski definition) is 3. The van der Waals surface area contributed by atoms with Crippen molar-refractivity contribution in [2.45, 2.75) is 6.92 Å². The molecule has 0 fully saturated rings. The van der Waals surface area contributed by atoms with Crippen molar-refractivity contribution in [3.8, 4) is 34.6 Å². The fourth-order valence-corrected chi connectivity index (χ4v) is 7.46. The predicted octanol–water partition coefficient (Wildman–Crippen LogP) is 11.5. The van der Waals surface area contributed by atoms with E-state index in [4.69, 9.17) is 4.42 Å². The van der Waals surface area contributed by atoms with Gasteiger partial charge in [0, 0.05) is 43.7 Å². The lowest BCUT2D eigenvalue weighted by Crippen LogP contribution is -1.98. The number of allylic oxidation sites excluding steroid dienone is 2. The van der Waals surface area contributed by atoms with E-state index >= 15 is 0 Å². The molecule has 5 nitrogen and oxygen atoms in total. The summed E-state index contributed by atoms with van der Waals surface area (Å²) in [6, 6.07) is 45.9. The standard InChI is InChI=1S/C45H28N4O/c1-3-4-14-43-28(2)33-19-20-36-38-25-31(17-22-40(38)48(44(36)45(33)50-43)32-10-6-5-7-11-32)34-18-15-30(27-47)24-42(34)49-39-13-9-8-12-35(39)37-23-29(26-46)16-21-41(37)49/h3-25H,1H2,2H3/b14-4-. The zero-order chi connectivity index (χ0) is 33.9. The minimum atomic E-state index is 0.571. The van der Waals surface area contributed by atoms with Crippen molar-refractivity contribution in [2.75, 3.05) is 0 Å². The lowest BCUT2D eigenvalue weighted by molar-refractivity contribution is 0.603. The third kappa shape index (κ3) is 4.25. The maximum absolute atomic E-state index is 10.0. The largest absolute Gasteiger partial charge is 0.454 e. The summed E-state index contributed by atoms with van der Waals surface area (Å²) in [4.78, 5) is 0. The summed E-state index contributed by atoms with van der Waals surface area (Å²) < 4.78 is 11.1. The van der Waals surface area contributed by atoms with Gasteiger partial charge >= 0.3 is 0 Å². The Kier molecular flexibility index (Phi) is 6.56. The molecule has 0 N–H and O–H groups in total. The highest BCUT2D eigenvalue weighted by Gasteiger charge is 2.22. The van der Waals surface area contributed by atoms with Crippen LogP contribution in [0.3, 0.4) is 0 Å². The Morgan fingerprint density at radius 2 is 1.32 bits per heavy atom. The zero-order valence-corrected chi connectivity index (χ0v) is 27.2. The van der Waals surface area contributed by atoms with Crippen molar-refractivity contribution in [1.82, 2.24) is 9.13 Å². The molecular weight excluding hydrogens is 613 g/mol. The number of fused-ring (bicyclic) bond motifs is 8. The van der Waals surface area contributed by atoms with E-state index in [-0.39, 0.29) is 0 Å². The maximum atomic E-state index is 10.0. The Morgan fingerprint density at radius 3 is 2.14 bits per heavy atom. The molecule has 9 aromatic rings. The Labute approximate surface area is 288 Å². The third-order valence-corrected chi connectivity index (χ3v) is 9.75. The van der Waals surface area contributed by atoms with Crippen LogP contribution in [0.25, 0.3) is 83.2 Å². The van der Waals surface area contributed by atoms with E-state index in [2.05, 4.69) is 102 Å². The molecule has 234 valence electrons. The van der Waals surface area contributed by atoms with Gasteiger partial charge in [0.1, 0.15) is 5.76 Å². The second-order valence-electron chi connectivity index (χ2n) is 12.5. The Bertz CT molecular complexity index is 2970. The smallest absolute Gasteiger partial charge is 0.159 e. The molecule has 0 aliphatic carbocycles. The van der Waals surface area contributed by atoms with Gasteiger partial charge in [0.05, 0.1) is 51.0 Å². The van der Waals surface area contributed by atoms with E-state index in [1.807, 2.05) is 66.7 Å². The van der Waals surface area contributed by atoms with Crippen molar-refractivity contribution < 1.29 is 4.42 Å². The first-order valence-electron chi connectivity index (χ1n) is 16.4. The molecule has 0 aliphatic heterocycles. The van der Waals surface area contributed by atoms with Crippen molar-refractivity contribution in [3.63, 3.8) is 0 Å². The molecule has 0 aliphatic rings. The molecule has 0 atom stereocenters. The van der Waals surface area contributed by atoms with E-state index in [0.717, 1.165) is 88.4 Å². The average molecular weight is 641 g/mol. The van der Waals surface area contributed by atoms with E-state index in [0.29, 0.717) is 11.1 Å². The van der Waals surface area contributed by atoms with Gasteiger partial charge in [-0.05, 0) is 79.2 Å². The predicted molar refractivity (Wildman–Crippen MR) is 204 cm³/mol. The first-order chi connectivity index (χ1) is 24.6. The van der Waals surface area contributed by atoms with Crippen LogP contribution in [-0.4, -0.2) is 9.13 Å². The van der Waals surface area contributed by atoms with Crippen LogP contribution in [0.5, 0.6) is 0 Å². The maximum Gasteiger partial charge on any atom is 0.159 e. The number of aromatic nitrogens is 2. The molecule has 50 heavy (non-hydrogen) atoms. The highest BCUT2D eigenvalue weighted by Crippen LogP contribution is 2.42. The topological polar surface area (TPSA) is 70.6 Å². The fourth-order valence-electron chi connectivity index (χ4n) is 7.46. The molecule has 0 bridgehead atoms. The van der Waals surface area contributed by atoms with Crippen LogP contribution in [0.4, 0.5) is 0 Å². The van der Waals surface area contributed by atoms with Crippen molar-refractivity contribution >= 4 is 60.7 Å². The van der Waals surface area contributed by atoms with Crippen LogP contribution >= 0.6 is 0 Å². The van der Waals surface area contributed by atoms with Crippen LogP contribution < -0.4 is 0 Å². The van der Waals surface area contributed by atoms with E-state index in [9.17, 15) is 10.5 Å². The molecule has 0 unspecified atom stereocenters. The molecule has 0 saturated carbocycles. The first kappa shape index (κ1) is 29.1. The van der Waals surface area contributed by atoms with Crippen LogP contribution in [0, 0.1) is 29.6 Å². The van der Waals surface area contributed by atoms with Gasteiger partial charge in [-0.3, -0.25) is 0 Å². The van der Waals surface area contributed by atoms with Gasteiger partial charge in [-0.2, -0.15) is 10.5 Å². The summed E-state index contributed by atoms with van der Waals surface area (Å²) in [5, 5.41) is 25.0. The highest BCUT2D eigenvalue weighted by molar-refractivity contribution is 6.18. The minimum absolute atomic E-state index is 0.571. The van der Waals surface area contributed by atoms with Crippen LogP contribution in [0.2, 0.25) is 0 Å². The van der Waals surface area contributed by atoms with Crippen LogP contribution in [-0.2, 0) is 0 Å².